The third kappa shape index (κ3) is 2.41. The van der Waals surface area contributed by atoms with E-state index in [1.54, 1.807) is 24.0 Å². The van der Waals surface area contributed by atoms with Crippen molar-refractivity contribution < 1.29 is 9.90 Å². The zero-order chi connectivity index (χ0) is 12.4. The summed E-state index contributed by atoms with van der Waals surface area (Å²) in [6.07, 6.45) is 3.08. The lowest BCUT2D eigenvalue weighted by molar-refractivity contribution is 0.0696. The van der Waals surface area contributed by atoms with E-state index in [1.807, 2.05) is 0 Å². The van der Waals surface area contributed by atoms with Gasteiger partial charge in [-0.15, -0.1) is 0 Å². The third-order valence-electron chi connectivity index (χ3n) is 2.33. The van der Waals surface area contributed by atoms with E-state index in [0.717, 1.165) is 0 Å². The number of aryl methyl sites for hydroxylation is 1. The van der Waals surface area contributed by atoms with E-state index in [1.165, 1.54) is 22.9 Å². The van der Waals surface area contributed by atoms with E-state index in [4.69, 9.17) is 5.11 Å². The molecule has 1 N–H and O–H groups in total. The van der Waals surface area contributed by atoms with Crippen LogP contribution in [-0.2, 0) is 13.6 Å². The first-order valence-electron chi connectivity index (χ1n) is 4.98. The highest BCUT2D eigenvalue weighted by Crippen LogP contribution is 2.00. The molecule has 0 saturated heterocycles. The fraction of sp³-hybridized carbons (Fsp3) is 0.182. The number of nitrogens with zero attached hydrogens (tertiary/aromatic N) is 3. The SMILES string of the molecule is Cn1ccc(Cn2cc(C(=O)O)ccc2=O)n1. The molecule has 0 bridgehead atoms. The Morgan fingerprint density at radius 1 is 1.41 bits per heavy atom. The monoisotopic (exact) mass is 233 g/mol. The number of aromatic nitrogens is 3. The van der Waals surface area contributed by atoms with Gasteiger partial charge in [0.05, 0.1) is 17.8 Å². The summed E-state index contributed by atoms with van der Waals surface area (Å²) in [7, 11) is 1.78. The molecule has 2 rings (SSSR count). The number of carboxylic acids is 1. The van der Waals surface area contributed by atoms with Crippen molar-refractivity contribution in [2.24, 2.45) is 7.05 Å². The predicted octanol–water partition coefficient (Wildman–Crippen LogP) is 0.328. The summed E-state index contributed by atoms with van der Waals surface area (Å²) < 4.78 is 2.95. The molecule has 0 saturated carbocycles. The molecule has 0 atom stereocenters. The highest BCUT2D eigenvalue weighted by Gasteiger charge is 2.06. The van der Waals surface area contributed by atoms with E-state index in [-0.39, 0.29) is 17.7 Å². The minimum atomic E-state index is -1.06. The maximum absolute atomic E-state index is 11.5. The Morgan fingerprint density at radius 2 is 2.18 bits per heavy atom. The molecule has 0 unspecified atom stereocenters. The van der Waals surface area contributed by atoms with Gasteiger partial charge in [-0.05, 0) is 12.1 Å². The molecule has 0 aromatic carbocycles. The van der Waals surface area contributed by atoms with Crippen LogP contribution < -0.4 is 5.56 Å². The number of hydrogen-bond donors (Lipinski definition) is 1. The lowest BCUT2D eigenvalue weighted by atomic mass is 10.3. The van der Waals surface area contributed by atoms with Crippen LogP contribution in [0.4, 0.5) is 0 Å². The Bertz CT molecular complexity index is 612. The van der Waals surface area contributed by atoms with Crippen molar-refractivity contribution in [3.63, 3.8) is 0 Å². The summed E-state index contributed by atoms with van der Waals surface area (Å²) in [5, 5.41) is 13.0. The predicted molar refractivity (Wildman–Crippen MR) is 60.0 cm³/mol. The Labute approximate surface area is 96.7 Å². The molecule has 0 aliphatic rings. The fourth-order valence-corrected chi connectivity index (χ4v) is 1.50. The van der Waals surface area contributed by atoms with Gasteiger partial charge in [-0.2, -0.15) is 5.10 Å². The van der Waals surface area contributed by atoms with Crippen LogP contribution >= 0.6 is 0 Å². The first-order chi connectivity index (χ1) is 8.06. The minimum absolute atomic E-state index is 0.0838. The van der Waals surface area contributed by atoms with E-state index in [9.17, 15) is 9.59 Å². The van der Waals surface area contributed by atoms with Crippen LogP contribution in [0.15, 0.2) is 35.4 Å². The number of carboxylic acid groups (broad SMARTS) is 1. The minimum Gasteiger partial charge on any atom is -0.478 e. The molecule has 2 heterocycles. The average Bonchev–Trinajstić information content (AvgIpc) is 2.67. The largest absolute Gasteiger partial charge is 0.478 e. The topological polar surface area (TPSA) is 77.1 Å². The Hall–Kier alpha value is -2.37. The number of hydrogen-bond acceptors (Lipinski definition) is 3. The van der Waals surface area contributed by atoms with Crippen LogP contribution in [0.1, 0.15) is 16.1 Å². The van der Waals surface area contributed by atoms with Crippen LogP contribution in [0.2, 0.25) is 0 Å². The van der Waals surface area contributed by atoms with Gasteiger partial charge in [-0.1, -0.05) is 0 Å². The van der Waals surface area contributed by atoms with Gasteiger partial charge < -0.3 is 9.67 Å². The molecule has 88 valence electrons. The van der Waals surface area contributed by atoms with Gasteiger partial charge in [-0.3, -0.25) is 9.48 Å². The molecule has 6 heteroatoms. The molecule has 2 aromatic heterocycles. The van der Waals surface area contributed by atoms with Gasteiger partial charge in [0.1, 0.15) is 0 Å². The standard InChI is InChI=1S/C11H11N3O3/c1-13-5-4-9(12-13)7-14-6-8(11(16)17)2-3-10(14)15/h2-6H,7H2,1H3,(H,16,17). The number of pyridine rings is 1. The molecule has 0 fully saturated rings. The van der Waals surface area contributed by atoms with E-state index >= 15 is 0 Å². The van der Waals surface area contributed by atoms with Crippen LogP contribution in [-0.4, -0.2) is 25.4 Å². The van der Waals surface area contributed by atoms with E-state index in [2.05, 4.69) is 5.10 Å². The van der Waals surface area contributed by atoms with Gasteiger partial charge in [-0.25, -0.2) is 4.79 Å². The first-order valence-corrected chi connectivity index (χ1v) is 4.98. The maximum atomic E-state index is 11.5. The summed E-state index contributed by atoms with van der Waals surface area (Å²) in [5.41, 5.74) is 0.540. The first kappa shape index (κ1) is 11.1. The summed E-state index contributed by atoms with van der Waals surface area (Å²) in [6.45, 7) is 0.265. The highest BCUT2D eigenvalue weighted by atomic mass is 16.4. The van der Waals surface area contributed by atoms with Crippen molar-refractivity contribution in [2.45, 2.75) is 6.54 Å². The summed E-state index contributed by atoms with van der Waals surface area (Å²) >= 11 is 0. The van der Waals surface area contributed by atoms with Crippen molar-refractivity contribution in [2.75, 3.05) is 0 Å². The molecule has 6 nitrogen and oxygen atoms in total. The van der Waals surface area contributed by atoms with Crippen molar-refractivity contribution in [1.82, 2.24) is 14.3 Å². The van der Waals surface area contributed by atoms with Crippen molar-refractivity contribution in [3.05, 3.63) is 52.2 Å². The summed E-state index contributed by atoms with van der Waals surface area (Å²) in [6, 6.07) is 4.31. The van der Waals surface area contributed by atoms with Gasteiger partial charge in [0.2, 0.25) is 0 Å². The summed E-state index contributed by atoms with van der Waals surface area (Å²) in [4.78, 5) is 22.3. The Kier molecular flexibility index (Phi) is 2.78. The quantitative estimate of drug-likeness (QED) is 0.828. The van der Waals surface area contributed by atoms with Crippen molar-refractivity contribution >= 4 is 5.97 Å². The maximum Gasteiger partial charge on any atom is 0.337 e. The second-order valence-corrected chi connectivity index (χ2v) is 3.67. The number of aromatic carboxylic acids is 1. The Morgan fingerprint density at radius 3 is 2.76 bits per heavy atom. The van der Waals surface area contributed by atoms with Crippen LogP contribution in [0, 0.1) is 0 Å². The molecule has 17 heavy (non-hydrogen) atoms. The van der Waals surface area contributed by atoms with Gasteiger partial charge in [0, 0.05) is 25.5 Å². The van der Waals surface area contributed by atoms with Gasteiger partial charge >= 0.3 is 5.97 Å². The number of rotatable bonds is 3. The number of carbonyl (C=O) groups is 1. The summed E-state index contributed by atoms with van der Waals surface area (Å²) in [5.74, 6) is -1.06. The lowest BCUT2D eigenvalue weighted by Crippen LogP contribution is -2.21. The second kappa shape index (κ2) is 4.25. The molecular weight excluding hydrogens is 222 g/mol. The average molecular weight is 233 g/mol. The smallest absolute Gasteiger partial charge is 0.337 e. The molecule has 2 aromatic rings. The fourth-order valence-electron chi connectivity index (χ4n) is 1.50. The highest BCUT2D eigenvalue weighted by molar-refractivity contribution is 5.87. The molecule has 0 aliphatic heterocycles. The van der Waals surface area contributed by atoms with Gasteiger partial charge in [0.25, 0.3) is 5.56 Å². The normalized spacial score (nSPS) is 10.4. The van der Waals surface area contributed by atoms with Crippen LogP contribution in [0.3, 0.4) is 0 Å². The van der Waals surface area contributed by atoms with E-state index in [0.29, 0.717) is 5.69 Å². The molecule has 0 aliphatic carbocycles. The molecular formula is C11H11N3O3. The molecule has 0 radical (unpaired) electrons. The second-order valence-electron chi connectivity index (χ2n) is 3.67. The van der Waals surface area contributed by atoms with Crippen molar-refractivity contribution in [1.29, 1.82) is 0 Å². The van der Waals surface area contributed by atoms with Crippen molar-refractivity contribution in [3.8, 4) is 0 Å². The third-order valence-corrected chi connectivity index (χ3v) is 2.33. The van der Waals surface area contributed by atoms with Gasteiger partial charge in [0.15, 0.2) is 0 Å². The van der Waals surface area contributed by atoms with Crippen LogP contribution in [0.5, 0.6) is 0 Å². The molecule has 0 spiro atoms. The van der Waals surface area contributed by atoms with Crippen LogP contribution in [0.25, 0.3) is 0 Å². The zero-order valence-corrected chi connectivity index (χ0v) is 9.20. The Balaban J connectivity index is 2.35. The van der Waals surface area contributed by atoms with E-state index < -0.39 is 5.97 Å². The lowest BCUT2D eigenvalue weighted by Gasteiger charge is -2.04. The molecule has 0 amide bonds. The zero-order valence-electron chi connectivity index (χ0n) is 9.20.